The van der Waals surface area contributed by atoms with Crippen LogP contribution in [0.1, 0.15) is 27.2 Å². The normalized spacial score (nSPS) is 32.5. The van der Waals surface area contributed by atoms with Gasteiger partial charge in [-0.15, -0.1) is 0 Å². The first-order chi connectivity index (χ1) is 13.2. The number of fused-ring (bicyclic) bond motifs is 3. The number of hydrogen-bond donors (Lipinski definition) is 0. The summed E-state index contributed by atoms with van der Waals surface area (Å²) < 4.78 is 37.0. The summed E-state index contributed by atoms with van der Waals surface area (Å²) in [5.41, 5.74) is 2.23. The van der Waals surface area contributed by atoms with Crippen LogP contribution in [0.15, 0.2) is 58.0 Å². The molecular formula is C21H22O6S. The van der Waals surface area contributed by atoms with Gasteiger partial charge in [-0.1, -0.05) is 36.3 Å². The Bertz CT molecular complexity index is 1000. The van der Waals surface area contributed by atoms with Crippen molar-refractivity contribution in [2.24, 2.45) is 17.8 Å². The largest absolute Gasteiger partial charge is 0.461 e. The Labute approximate surface area is 164 Å². The number of carbonyl (C=O) groups is 2. The third-order valence-electron chi connectivity index (χ3n) is 6.01. The molecule has 0 amide bonds. The van der Waals surface area contributed by atoms with Crippen LogP contribution in [0, 0.1) is 17.8 Å². The summed E-state index contributed by atoms with van der Waals surface area (Å²) in [6, 6.07) is 7.92. The van der Waals surface area contributed by atoms with Crippen LogP contribution < -0.4 is 0 Å². The average molecular weight is 402 g/mol. The molecule has 1 aromatic carbocycles. The molecule has 5 atom stereocenters. The maximum Gasteiger partial charge on any atom is 0.309 e. The summed E-state index contributed by atoms with van der Waals surface area (Å²) in [6.45, 7) is 5.40. The van der Waals surface area contributed by atoms with Crippen molar-refractivity contribution in [3.05, 3.63) is 53.1 Å². The quantitative estimate of drug-likeness (QED) is 0.571. The second kappa shape index (κ2) is 6.67. The molecule has 0 N–H and O–H groups in total. The van der Waals surface area contributed by atoms with Crippen molar-refractivity contribution < 1.29 is 26.9 Å². The minimum atomic E-state index is -4.02. The number of carbonyl (C=O) groups excluding carboxylic acids is 2. The maximum atomic E-state index is 12.8. The zero-order valence-corrected chi connectivity index (χ0v) is 16.7. The third-order valence-corrected chi connectivity index (χ3v) is 7.36. The molecule has 7 heteroatoms. The Morgan fingerprint density at radius 1 is 1.11 bits per heavy atom. The first-order valence-electron chi connectivity index (χ1n) is 9.31. The van der Waals surface area contributed by atoms with E-state index in [1.807, 2.05) is 13.8 Å². The molecule has 1 aliphatic heterocycles. The molecule has 4 rings (SSSR count). The van der Waals surface area contributed by atoms with Gasteiger partial charge in [0.15, 0.2) is 5.78 Å². The number of ether oxygens (including phenoxy) is 1. The van der Waals surface area contributed by atoms with Crippen LogP contribution in [0.5, 0.6) is 0 Å². The average Bonchev–Trinajstić information content (AvgIpc) is 3.05. The number of benzene rings is 1. The van der Waals surface area contributed by atoms with Crippen LogP contribution in [-0.4, -0.2) is 32.4 Å². The van der Waals surface area contributed by atoms with Crippen molar-refractivity contribution >= 4 is 21.9 Å². The number of allylic oxidation sites excluding steroid dienone is 1. The van der Waals surface area contributed by atoms with E-state index < -0.39 is 34.2 Å². The Kier molecular flexibility index (Phi) is 4.55. The van der Waals surface area contributed by atoms with Gasteiger partial charge in [-0.2, -0.15) is 8.42 Å². The van der Waals surface area contributed by atoms with Gasteiger partial charge in [0.2, 0.25) is 0 Å². The lowest BCUT2D eigenvalue weighted by molar-refractivity contribution is -0.144. The third kappa shape index (κ3) is 2.93. The van der Waals surface area contributed by atoms with E-state index in [0.29, 0.717) is 5.57 Å². The van der Waals surface area contributed by atoms with Gasteiger partial charge in [0.05, 0.1) is 16.9 Å². The van der Waals surface area contributed by atoms with Crippen LogP contribution in [-0.2, 0) is 28.6 Å². The predicted molar refractivity (Wildman–Crippen MR) is 101 cm³/mol. The van der Waals surface area contributed by atoms with Gasteiger partial charge in [-0.25, -0.2) is 0 Å². The fourth-order valence-corrected chi connectivity index (χ4v) is 5.81. The van der Waals surface area contributed by atoms with Gasteiger partial charge in [-0.05, 0) is 38.5 Å². The zero-order chi connectivity index (χ0) is 20.2. The second-order valence-electron chi connectivity index (χ2n) is 7.80. The molecule has 0 unspecified atom stereocenters. The second-order valence-corrected chi connectivity index (χ2v) is 9.37. The first kappa shape index (κ1) is 19.1. The van der Waals surface area contributed by atoms with Crippen LogP contribution in [0.2, 0.25) is 0 Å². The fourth-order valence-electron chi connectivity index (χ4n) is 4.69. The molecule has 0 spiro atoms. The van der Waals surface area contributed by atoms with Crippen molar-refractivity contribution in [2.75, 3.05) is 0 Å². The Hall–Kier alpha value is -2.25. The Morgan fingerprint density at radius 3 is 2.46 bits per heavy atom. The molecule has 1 fully saturated rings. The Morgan fingerprint density at radius 2 is 1.79 bits per heavy atom. The first-order valence-corrected chi connectivity index (χ1v) is 10.7. The molecule has 1 heterocycles. The van der Waals surface area contributed by atoms with E-state index in [9.17, 15) is 18.0 Å². The Balaban J connectivity index is 1.76. The van der Waals surface area contributed by atoms with E-state index >= 15 is 0 Å². The maximum absolute atomic E-state index is 12.8. The van der Waals surface area contributed by atoms with E-state index in [2.05, 4.69) is 0 Å². The molecule has 0 radical (unpaired) electrons. The van der Waals surface area contributed by atoms with Gasteiger partial charge in [-0.3, -0.25) is 13.8 Å². The van der Waals surface area contributed by atoms with Crippen LogP contribution >= 0.6 is 0 Å². The van der Waals surface area contributed by atoms with Crippen molar-refractivity contribution in [2.45, 2.75) is 44.3 Å². The summed E-state index contributed by atoms with van der Waals surface area (Å²) in [5.74, 6) is -1.79. The lowest BCUT2D eigenvalue weighted by Gasteiger charge is -2.29. The molecule has 28 heavy (non-hydrogen) atoms. The van der Waals surface area contributed by atoms with E-state index in [-0.39, 0.29) is 29.0 Å². The monoisotopic (exact) mass is 402 g/mol. The van der Waals surface area contributed by atoms with Crippen molar-refractivity contribution in [1.82, 2.24) is 0 Å². The molecule has 0 aromatic heterocycles. The van der Waals surface area contributed by atoms with E-state index in [1.54, 1.807) is 31.2 Å². The zero-order valence-electron chi connectivity index (χ0n) is 15.9. The molecule has 3 aliphatic rings. The number of ketones is 1. The van der Waals surface area contributed by atoms with Gasteiger partial charge in [0, 0.05) is 17.4 Å². The van der Waals surface area contributed by atoms with Crippen molar-refractivity contribution in [3.8, 4) is 0 Å². The standard InChI is InChI=1S/C21H22O6S/c1-11-9-15(22)17-12(2)10-16(19-13(3)21(23)26-20(19)18(11)17)27-28(24,25)14-7-5-4-6-8-14/h4-9,13,16,18-20H,10H2,1-3H3/t13-,16-,18+,19+,20+/m0/s1. The van der Waals surface area contributed by atoms with Crippen molar-refractivity contribution in [1.29, 1.82) is 0 Å². The minimum Gasteiger partial charge on any atom is -0.461 e. The molecule has 6 nitrogen and oxygen atoms in total. The smallest absolute Gasteiger partial charge is 0.309 e. The SMILES string of the molecule is CC1=CC(=O)C2=C(C)C[C@H](OS(=O)(=O)c3ccccc3)[C@@H]3[C@H](OC(=O)[C@H]3C)[C@H]12. The highest BCUT2D eigenvalue weighted by Gasteiger charge is 2.55. The molecule has 0 bridgehead atoms. The molecule has 148 valence electrons. The summed E-state index contributed by atoms with van der Waals surface area (Å²) in [6.07, 6.45) is 0.454. The molecule has 0 saturated carbocycles. The van der Waals surface area contributed by atoms with E-state index in [4.69, 9.17) is 8.92 Å². The highest BCUT2D eigenvalue weighted by atomic mass is 32.2. The molecule has 1 aromatic rings. The summed E-state index contributed by atoms with van der Waals surface area (Å²) in [5, 5.41) is 0. The van der Waals surface area contributed by atoms with Gasteiger partial charge < -0.3 is 4.74 Å². The molecule has 2 aliphatic carbocycles. The topological polar surface area (TPSA) is 86.7 Å². The van der Waals surface area contributed by atoms with Gasteiger partial charge in [0.1, 0.15) is 6.10 Å². The lowest BCUT2D eigenvalue weighted by atomic mass is 9.80. The van der Waals surface area contributed by atoms with Crippen LogP contribution in [0.3, 0.4) is 0 Å². The van der Waals surface area contributed by atoms with Crippen molar-refractivity contribution in [3.63, 3.8) is 0 Å². The number of hydrogen-bond acceptors (Lipinski definition) is 6. The summed E-state index contributed by atoms with van der Waals surface area (Å²) in [7, 11) is -4.02. The fraction of sp³-hybridized carbons (Fsp3) is 0.429. The lowest BCUT2D eigenvalue weighted by Crippen LogP contribution is -2.38. The van der Waals surface area contributed by atoms with E-state index in [0.717, 1.165) is 11.1 Å². The van der Waals surface area contributed by atoms with Gasteiger partial charge >= 0.3 is 5.97 Å². The molecular weight excluding hydrogens is 380 g/mol. The molecule has 1 saturated heterocycles. The highest BCUT2D eigenvalue weighted by molar-refractivity contribution is 7.86. The summed E-state index contributed by atoms with van der Waals surface area (Å²) >= 11 is 0. The highest BCUT2D eigenvalue weighted by Crippen LogP contribution is 2.49. The predicted octanol–water partition coefficient (Wildman–Crippen LogP) is 2.80. The minimum absolute atomic E-state index is 0.0614. The van der Waals surface area contributed by atoms with Gasteiger partial charge in [0.25, 0.3) is 10.1 Å². The van der Waals surface area contributed by atoms with E-state index in [1.165, 1.54) is 12.1 Å². The summed E-state index contributed by atoms with van der Waals surface area (Å²) in [4.78, 5) is 24.9. The van der Waals surface area contributed by atoms with Crippen LogP contribution in [0.4, 0.5) is 0 Å². The van der Waals surface area contributed by atoms with Crippen LogP contribution in [0.25, 0.3) is 0 Å². The number of rotatable bonds is 3. The number of esters is 1.